The Morgan fingerprint density at radius 1 is 1.35 bits per heavy atom. The number of carboxylic acid groups (broad SMARTS) is 1. The Morgan fingerprint density at radius 3 is 2.52 bits per heavy atom. The maximum absolute atomic E-state index is 11.7. The van der Waals surface area contributed by atoms with Gasteiger partial charge in [0, 0.05) is 18.7 Å². The average Bonchev–Trinajstić information content (AvgIpc) is 2.50. The van der Waals surface area contributed by atoms with Crippen molar-refractivity contribution in [1.82, 2.24) is 5.32 Å². The van der Waals surface area contributed by atoms with E-state index in [1.54, 1.807) is 0 Å². The molecule has 0 saturated heterocycles. The Balaban J connectivity index is 2.28. The number of benzene rings is 1. The summed E-state index contributed by atoms with van der Waals surface area (Å²) in [5.74, 6) is -0.902. The van der Waals surface area contributed by atoms with E-state index in [2.05, 4.69) is 17.2 Å². The molecule has 0 radical (unpaired) electrons. The summed E-state index contributed by atoms with van der Waals surface area (Å²) >= 11 is 0. The second-order valence-electron chi connectivity index (χ2n) is 5.07. The van der Waals surface area contributed by atoms with Crippen molar-refractivity contribution in [1.29, 1.82) is 0 Å². The van der Waals surface area contributed by atoms with Crippen LogP contribution in [-0.4, -0.2) is 35.4 Å². The molecule has 7 N–H and O–H groups in total. The minimum absolute atomic E-state index is 0.166. The number of rotatable bonds is 10. The van der Waals surface area contributed by atoms with Crippen LogP contribution in [0, 0.1) is 0 Å². The summed E-state index contributed by atoms with van der Waals surface area (Å²) in [6.07, 6.45) is 2.18. The molecule has 0 aromatic heterocycles. The zero-order valence-corrected chi connectivity index (χ0v) is 12.9. The van der Waals surface area contributed by atoms with Crippen molar-refractivity contribution in [3.63, 3.8) is 0 Å². The zero-order valence-electron chi connectivity index (χ0n) is 12.9. The third kappa shape index (κ3) is 7.12. The molecule has 0 aliphatic rings. The largest absolute Gasteiger partial charge is 0.481 e. The zero-order chi connectivity index (χ0) is 17.2. The number of carbonyl (C=O) groups is 2. The maximum atomic E-state index is 11.7. The summed E-state index contributed by atoms with van der Waals surface area (Å²) in [5.41, 5.74) is 7.16. The van der Waals surface area contributed by atoms with Gasteiger partial charge in [-0.3, -0.25) is 20.7 Å². The summed E-state index contributed by atoms with van der Waals surface area (Å²) < 4.78 is 0. The molecule has 124 valence electrons. The minimum atomic E-state index is -0.976. The second kappa shape index (κ2) is 9.24. The lowest BCUT2D eigenvalue weighted by molar-refractivity contribution is -0.137. The number of aliphatic carboxylic acids is 1. The van der Waals surface area contributed by atoms with Crippen LogP contribution in [0.3, 0.4) is 0 Å². The lowest BCUT2D eigenvalue weighted by atomic mass is 10.2. The molecular weight excluding hydrogens is 296 g/mol. The van der Waals surface area contributed by atoms with Crippen LogP contribution in [0.2, 0.25) is 0 Å². The SMILES string of the molecule is C=C[C@H](CC(=O)O)NC(=O)CCCNc1ccc(C(N)=[NH2+])cc1. The van der Waals surface area contributed by atoms with Gasteiger partial charge in [-0.25, -0.2) is 0 Å². The van der Waals surface area contributed by atoms with Gasteiger partial charge < -0.3 is 15.7 Å². The fraction of sp³-hybridized carbons (Fsp3) is 0.312. The first-order valence-electron chi connectivity index (χ1n) is 7.28. The van der Waals surface area contributed by atoms with Gasteiger partial charge in [0.05, 0.1) is 18.0 Å². The van der Waals surface area contributed by atoms with E-state index >= 15 is 0 Å². The molecule has 1 atom stereocenters. The van der Waals surface area contributed by atoms with Crippen LogP contribution in [0.25, 0.3) is 0 Å². The molecule has 1 aromatic rings. The summed E-state index contributed by atoms with van der Waals surface area (Å²) in [6, 6.07) is 6.79. The fourth-order valence-electron chi connectivity index (χ4n) is 1.92. The Bertz CT molecular complexity index is 569. The molecule has 0 fully saturated rings. The first kappa shape index (κ1) is 18.2. The number of carbonyl (C=O) groups excluding carboxylic acids is 1. The lowest BCUT2D eigenvalue weighted by Crippen LogP contribution is -2.46. The Labute approximate surface area is 135 Å². The van der Waals surface area contributed by atoms with Crippen LogP contribution in [0.1, 0.15) is 24.8 Å². The standard InChI is InChI=1S/C16H22N4O3/c1-2-12(10-15(22)23)20-14(21)4-3-9-19-13-7-5-11(6-8-13)16(17)18/h2,5-8,12,19H,1,3-4,9-10H2,(H3,17,18)(H,20,21)(H,22,23)/p+1/t12-/m1/s1. The van der Waals surface area contributed by atoms with Gasteiger partial charge in [0.25, 0.3) is 5.84 Å². The summed E-state index contributed by atoms with van der Waals surface area (Å²) in [7, 11) is 0. The third-order valence-corrected chi connectivity index (χ3v) is 3.15. The highest BCUT2D eigenvalue weighted by Gasteiger charge is 2.12. The first-order chi connectivity index (χ1) is 10.9. The molecule has 0 saturated carbocycles. The number of nitrogens with two attached hydrogens (primary N) is 2. The van der Waals surface area contributed by atoms with Gasteiger partial charge in [0.1, 0.15) is 0 Å². The van der Waals surface area contributed by atoms with Crippen LogP contribution in [0.15, 0.2) is 36.9 Å². The van der Waals surface area contributed by atoms with Crippen LogP contribution in [0.5, 0.6) is 0 Å². The average molecular weight is 319 g/mol. The molecule has 23 heavy (non-hydrogen) atoms. The van der Waals surface area contributed by atoms with Crippen molar-refractivity contribution in [3.05, 3.63) is 42.5 Å². The fourth-order valence-corrected chi connectivity index (χ4v) is 1.92. The van der Waals surface area contributed by atoms with Crippen molar-refractivity contribution in [2.45, 2.75) is 25.3 Å². The van der Waals surface area contributed by atoms with Gasteiger partial charge >= 0.3 is 5.97 Å². The predicted octanol–water partition coefficient (Wildman–Crippen LogP) is -0.511. The molecule has 0 heterocycles. The Morgan fingerprint density at radius 2 is 2.00 bits per heavy atom. The summed E-state index contributed by atoms with van der Waals surface area (Å²) in [5, 5.41) is 20.0. The maximum Gasteiger partial charge on any atom is 0.305 e. The van der Waals surface area contributed by atoms with E-state index in [9.17, 15) is 9.59 Å². The van der Waals surface area contributed by atoms with E-state index in [4.69, 9.17) is 16.2 Å². The van der Waals surface area contributed by atoms with Crippen molar-refractivity contribution < 1.29 is 20.1 Å². The molecule has 0 unspecified atom stereocenters. The van der Waals surface area contributed by atoms with Gasteiger partial charge in [-0.05, 0) is 30.7 Å². The number of hydrogen-bond acceptors (Lipinski definition) is 3. The first-order valence-corrected chi connectivity index (χ1v) is 7.28. The van der Waals surface area contributed by atoms with E-state index in [1.165, 1.54) is 6.08 Å². The van der Waals surface area contributed by atoms with Crippen LogP contribution in [-0.2, 0) is 9.59 Å². The van der Waals surface area contributed by atoms with E-state index in [-0.39, 0.29) is 18.2 Å². The Kier molecular flexibility index (Phi) is 7.32. The van der Waals surface area contributed by atoms with Gasteiger partial charge in [-0.2, -0.15) is 0 Å². The molecule has 7 heteroatoms. The van der Waals surface area contributed by atoms with Crippen molar-refractivity contribution in [3.8, 4) is 0 Å². The molecular formula is C16H23N4O3+. The second-order valence-corrected chi connectivity index (χ2v) is 5.07. The highest BCUT2D eigenvalue weighted by molar-refractivity contribution is 5.92. The smallest absolute Gasteiger partial charge is 0.305 e. The molecule has 0 aliphatic heterocycles. The van der Waals surface area contributed by atoms with Crippen molar-refractivity contribution in [2.24, 2.45) is 5.73 Å². The van der Waals surface area contributed by atoms with Gasteiger partial charge in [0.15, 0.2) is 0 Å². The highest BCUT2D eigenvalue weighted by Crippen LogP contribution is 2.08. The van der Waals surface area contributed by atoms with E-state index in [0.717, 1.165) is 11.3 Å². The van der Waals surface area contributed by atoms with Crippen LogP contribution < -0.4 is 21.8 Å². The summed E-state index contributed by atoms with van der Waals surface area (Å²) in [6.45, 7) is 4.13. The van der Waals surface area contributed by atoms with E-state index < -0.39 is 12.0 Å². The van der Waals surface area contributed by atoms with Gasteiger partial charge in [0.2, 0.25) is 5.91 Å². The molecule has 1 amide bonds. The highest BCUT2D eigenvalue weighted by atomic mass is 16.4. The number of carboxylic acids is 1. The van der Waals surface area contributed by atoms with Crippen molar-refractivity contribution in [2.75, 3.05) is 11.9 Å². The summed E-state index contributed by atoms with van der Waals surface area (Å²) in [4.78, 5) is 22.3. The third-order valence-electron chi connectivity index (χ3n) is 3.15. The van der Waals surface area contributed by atoms with E-state index in [0.29, 0.717) is 19.4 Å². The molecule has 7 nitrogen and oxygen atoms in total. The lowest BCUT2D eigenvalue weighted by Gasteiger charge is -2.12. The topological polar surface area (TPSA) is 130 Å². The number of hydrogen-bond donors (Lipinski definition) is 5. The molecule has 1 rings (SSSR count). The van der Waals surface area contributed by atoms with Crippen LogP contribution >= 0.6 is 0 Å². The number of amides is 1. The molecule has 0 aliphatic carbocycles. The predicted molar refractivity (Wildman–Crippen MR) is 88.8 cm³/mol. The monoisotopic (exact) mass is 319 g/mol. The molecule has 1 aromatic carbocycles. The van der Waals surface area contributed by atoms with Crippen LogP contribution in [0.4, 0.5) is 5.69 Å². The quantitative estimate of drug-likeness (QED) is 0.172. The minimum Gasteiger partial charge on any atom is -0.481 e. The Hall–Kier alpha value is -2.83. The number of amidine groups is 1. The number of anilines is 1. The van der Waals surface area contributed by atoms with Crippen molar-refractivity contribution >= 4 is 23.4 Å². The molecule has 0 bridgehead atoms. The van der Waals surface area contributed by atoms with E-state index in [1.807, 2.05) is 24.3 Å². The normalized spacial score (nSPS) is 11.3. The number of nitrogens with one attached hydrogen (secondary N) is 2. The molecule has 0 spiro atoms. The van der Waals surface area contributed by atoms with Gasteiger partial charge in [-0.1, -0.05) is 6.08 Å². The van der Waals surface area contributed by atoms with Gasteiger partial charge in [-0.15, -0.1) is 6.58 Å².